The minimum Gasteiger partial charge on any atom is -0.497 e. The molecule has 3 unspecified atom stereocenters. The predicted molar refractivity (Wildman–Crippen MR) is 116 cm³/mol. The van der Waals surface area contributed by atoms with Crippen molar-refractivity contribution in [1.29, 1.82) is 0 Å². The number of amides is 1. The Labute approximate surface area is 182 Å². The Morgan fingerprint density at radius 3 is 2.97 bits per heavy atom. The second-order valence-corrected chi connectivity index (χ2v) is 8.77. The van der Waals surface area contributed by atoms with E-state index >= 15 is 0 Å². The first-order chi connectivity index (χ1) is 15.1. The summed E-state index contributed by atoms with van der Waals surface area (Å²) < 4.78 is 16.9. The fourth-order valence-corrected chi connectivity index (χ4v) is 5.07. The van der Waals surface area contributed by atoms with Gasteiger partial charge in [0.1, 0.15) is 11.5 Å². The maximum Gasteiger partial charge on any atom is 0.240 e. The number of hydrogen-bond donors (Lipinski definition) is 1. The van der Waals surface area contributed by atoms with E-state index in [1.54, 1.807) is 7.11 Å². The highest BCUT2D eigenvalue weighted by molar-refractivity contribution is 5.85. The highest BCUT2D eigenvalue weighted by atomic mass is 16.5. The van der Waals surface area contributed by atoms with Gasteiger partial charge in [-0.2, -0.15) is 0 Å². The van der Waals surface area contributed by atoms with Crippen LogP contribution in [-0.2, 0) is 16.0 Å². The van der Waals surface area contributed by atoms with Crippen LogP contribution < -0.4 is 15.2 Å². The largest absolute Gasteiger partial charge is 0.497 e. The summed E-state index contributed by atoms with van der Waals surface area (Å²) in [4.78, 5) is 21.9. The standard InChI is InChI=1S/C23H30N4O4/c1-29-17-2-3-20-18(10-17)19-8-15(14-31-22(19)11-25-20)12-27-13-16(24)9-21(27)23(28)26-4-6-30-7-5-26/h2-3,10-11,15-16,21H,4-9,12-14,24H2,1H3. The maximum atomic E-state index is 13.2. The molecule has 2 saturated heterocycles. The van der Waals surface area contributed by atoms with Crippen LogP contribution in [0.5, 0.6) is 11.5 Å². The average molecular weight is 427 g/mol. The molecular weight excluding hydrogens is 396 g/mol. The van der Waals surface area contributed by atoms with Crippen molar-refractivity contribution in [2.75, 3.05) is 53.1 Å². The van der Waals surface area contributed by atoms with Gasteiger partial charge in [0, 0.05) is 49.1 Å². The third-order valence-electron chi connectivity index (χ3n) is 6.65. The minimum atomic E-state index is -0.149. The van der Waals surface area contributed by atoms with Crippen molar-refractivity contribution in [2.45, 2.75) is 24.9 Å². The van der Waals surface area contributed by atoms with Gasteiger partial charge < -0.3 is 24.8 Å². The van der Waals surface area contributed by atoms with Crippen LogP contribution in [0.15, 0.2) is 24.4 Å². The van der Waals surface area contributed by atoms with E-state index in [1.807, 2.05) is 29.3 Å². The quantitative estimate of drug-likeness (QED) is 0.782. The van der Waals surface area contributed by atoms with Gasteiger partial charge in [0.2, 0.25) is 5.91 Å². The second kappa shape index (κ2) is 8.61. The normalized spacial score (nSPS) is 26.5. The maximum absolute atomic E-state index is 13.2. The fraction of sp³-hybridized carbons (Fsp3) is 0.565. The molecule has 0 aliphatic carbocycles. The van der Waals surface area contributed by atoms with E-state index in [1.165, 1.54) is 5.56 Å². The van der Waals surface area contributed by atoms with Crippen molar-refractivity contribution in [3.63, 3.8) is 0 Å². The molecule has 0 spiro atoms. The number of nitrogens with two attached hydrogens (primary N) is 1. The van der Waals surface area contributed by atoms with Gasteiger partial charge in [-0.25, -0.2) is 0 Å². The Kier molecular flexibility index (Phi) is 5.69. The van der Waals surface area contributed by atoms with Crippen molar-refractivity contribution >= 4 is 16.8 Å². The van der Waals surface area contributed by atoms with E-state index in [4.69, 9.17) is 19.9 Å². The van der Waals surface area contributed by atoms with Crippen LogP contribution in [0.3, 0.4) is 0 Å². The zero-order chi connectivity index (χ0) is 21.4. The van der Waals surface area contributed by atoms with Crippen LogP contribution >= 0.6 is 0 Å². The summed E-state index contributed by atoms with van der Waals surface area (Å²) in [5, 5.41) is 1.07. The summed E-state index contributed by atoms with van der Waals surface area (Å²) in [6, 6.07) is 5.82. The Balaban J connectivity index is 1.34. The summed E-state index contributed by atoms with van der Waals surface area (Å²) in [5.41, 5.74) is 8.38. The number of methoxy groups -OCH3 is 1. The van der Waals surface area contributed by atoms with E-state index in [2.05, 4.69) is 9.88 Å². The number of fused-ring (bicyclic) bond motifs is 3. The van der Waals surface area contributed by atoms with Crippen LogP contribution in [0.4, 0.5) is 0 Å². The molecule has 3 atom stereocenters. The van der Waals surface area contributed by atoms with Gasteiger partial charge in [-0.3, -0.25) is 14.7 Å². The van der Waals surface area contributed by atoms with Crippen LogP contribution in [0.1, 0.15) is 12.0 Å². The molecule has 2 aromatic rings. The number of ether oxygens (including phenoxy) is 3. The second-order valence-electron chi connectivity index (χ2n) is 8.77. The number of benzene rings is 1. The number of aromatic nitrogens is 1. The van der Waals surface area contributed by atoms with Crippen molar-refractivity contribution in [3.8, 4) is 11.5 Å². The van der Waals surface area contributed by atoms with Gasteiger partial charge >= 0.3 is 0 Å². The number of rotatable bonds is 4. The molecule has 0 bridgehead atoms. The molecule has 166 valence electrons. The Hall–Kier alpha value is -2.42. The first-order valence-electron chi connectivity index (χ1n) is 11.1. The van der Waals surface area contributed by atoms with E-state index in [-0.39, 0.29) is 23.9 Å². The third kappa shape index (κ3) is 4.07. The SMILES string of the molecule is COc1ccc2ncc3c(c2c1)CC(CN1CC(N)CC1C(=O)N1CCOCC1)CO3. The topological polar surface area (TPSA) is 90.1 Å². The third-order valence-corrected chi connectivity index (χ3v) is 6.65. The number of likely N-dealkylation sites (tertiary alicyclic amines) is 1. The predicted octanol–water partition coefficient (Wildman–Crippen LogP) is 1.05. The number of carbonyl (C=O) groups excluding carboxylic acids is 1. The molecular formula is C23H30N4O4. The number of pyridine rings is 1. The molecule has 1 aromatic carbocycles. The van der Waals surface area contributed by atoms with Crippen LogP contribution in [-0.4, -0.2) is 85.9 Å². The number of hydrogen-bond acceptors (Lipinski definition) is 7. The summed E-state index contributed by atoms with van der Waals surface area (Å²) in [6.07, 6.45) is 3.41. The van der Waals surface area contributed by atoms with Gasteiger partial charge in [0.15, 0.2) is 0 Å². The van der Waals surface area contributed by atoms with Crippen molar-refractivity contribution in [1.82, 2.24) is 14.8 Å². The molecule has 8 heteroatoms. The van der Waals surface area contributed by atoms with Crippen LogP contribution in [0.25, 0.3) is 10.9 Å². The van der Waals surface area contributed by atoms with E-state index in [0.717, 1.165) is 41.9 Å². The number of carbonyl (C=O) groups is 1. The zero-order valence-electron chi connectivity index (χ0n) is 18.0. The molecule has 1 aromatic heterocycles. The fourth-order valence-electron chi connectivity index (χ4n) is 5.07. The molecule has 0 radical (unpaired) electrons. The number of nitrogens with zero attached hydrogens (tertiary/aromatic N) is 3. The van der Waals surface area contributed by atoms with Gasteiger partial charge in [-0.15, -0.1) is 0 Å². The van der Waals surface area contributed by atoms with Crippen LogP contribution in [0, 0.1) is 5.92 Å². The van der Waals surface area contributed by atoms with Gasteiger partial charge in [-0.05, 0) is 31.0 Å². The molecule has 31 heavy (non-hydrogen) atoms. The molecule has 1 amide bonds. The average Bonchev–Trinajstić information content (AvgIpc) is 3.18. The van der Waals surface area contributed by atoms with Crippen molar-refractivity contribution in [3.05, 3.63) is 30.0 Å². The van der Waals surface area contributed by atoms with E-state index < -0.39 is 0 Å². The van der Waals surface area contributed by atoms with Gasteiger partial charge in [0.25, 0.3) is 0 Å². The highest BCUT2D eigenvalue weighted by Crippen LogP contribution is 2.35. The highest BCUT2D eigenvalue weighted by Gasteiger charge is 2.39. The monoisotopic (exact) mass is 426 g/mol. The first kappa shape index (κ1) is 20.5. The molecule has 4 heterocycles. The lowest BCUT2D eigenvalue weighted by Crippen LogP contribution is -2.51. The Morgan fingerprint density at radius 2 is 2.16 bits per heavy atom. The van der Waals surface area contributed by atoms with Crippen LogP contribution in [0.2, 0.25) is 0 Å². The lowest BCUT2D eigenvalue weighted by atomic mass is 9.93. The minimum absolute atomic E-state index is 0.0288. The van der Waals surface area contributed by atoms with Crippen molar-refractivity contribution < 1.29 is 19.0 Å². The molecule has 2 fully saturated rings. The molecule has 5 rings (SSSR count). The van der Waals surface area contributed by atoms with E-state index in [0.29, 0.717) is 39.3 Å². The molecule has 0 saturated carbocycles. The molecule has 3 aliphatic rings. The Morgan fingerprint density at radius 1 is 1.32 bits per heavy atom. The van der Waals surface area contributed by atoms with Gasteiger partial charge in [0.05, 0.1) is 44.7 Å². The summed E-state index contributed by atoms with van der Waals surface area (Å²) in [5.74, 6) is 2.13. The van der Waals surface area contributed by atoms with Crippen molar-refractivity contribution in [2.24, 2.45) is 11.7 Å². The Bertz CT molecular complexity index is 957. The lowest BCUT2D eigenvalue weighted by molar-refractivity contribution is -0.140. The lowest BCUT2D eigenvalue weighted by Gasteiger charge is -2.35. The molecule has 8 nitrogen and oxygen atoms in total. The summed E-state index contributed by atoms with van der Waals surface area (Å²) >= 11 is 0. The molecule has 2 N–H and O–H groups in total. The van der Waals surface area contributed by atoms with E-state index in [9.17, 15) is 4.79 Å². The van der Waals surface area contributed by atoms with Gasteiger partial charge in [-0.1, -0.05) is 0 Å². The zero-order valence-corrected chi connectivity index (χ0v) is 18.0. The first-order valence-corrected chi connectivity index (χ1v) is 11.1. The smallest absolute Gasteiger partial charge is 0.240 e. The molecule has 3 aliphatic heterocycles. The number of morpholine rings is 1. The summed E-state index contributed by atoms with van der Waals surface area (Å²) in [6.45, 7) is 4.72. The summed E-state index contributed by atoms with van der Waals surface area (Å²) in [7, 11) is 1.67.